The SMILES string of the molecule is CCOC(=O)CCC/C=C(\CC)C(=O)CC(=O)OCC. The molecule has 0 aliphatic heterocycles. The summed E-state index contributed by atoms with van der Waals surface area (Å²) >= 11 is 0. The molecule has 0 aromatic heterocycles. The highest BCUT2D eigenvalue weighted by Gasteiger charge is 2.13. The lowest BCUT2D eigenvalue weighted by Gasteiger charge is -2.04. The quantitative estimate of drug-likeness (QED) is 0.267. The molecule has 0 spiro atoms. The number of esters is 2. The van der Waals surface area contributed by atoms with Crippen molar-refractivity contribution in [2.75, 3.05) is 13.2 Å². The van der Waals surface area contributed by atoms with Crippen LogP contribution in [0.4, 0.5) is 0 Å². The maximum absolute atomic E-state index is 11.8. The smallest absolute Gasteiger partial charge is 0.313 e. The molecule has 0 aliphatic rings. The topological polar surface area (TPSA) is 69.7 Å². The Bertz CT molecular complexity index is 357. The van der Waals surface area contributed by atoms with Gasteiger partial charge in [0.2, 0.25) is 0 Å². The number of ether oxygens (including phenoxy) is 2. The summed E-state index contributed by atoms with van der Waals surface area (Å²) < 4.78 is 9.56. The number of allylic oxidation sites excluding steroid dienone is 2. The minimum Gasteiger partial charge on any atom is -0.466 e. The van der Waals surface area contributed by atoms with Gasteiger partial charge in [0.15, 0.2) is 5.78 Å². The van der Waals surface area contributed by atoms with Gasteiger partial charge in [-0.15, -0.1) is 0 Å². The van der Waals surface area contributed by atoms with Crippen molar-refractivity contribution in [3.63, 3.8) is 0 Å². The van der Waals surface area contributed by atoms with E-state index >= 15 is 0 Å². The summed E-state index contributed by atoms with van der Waals surface area (Å²) in [4.78, 5) is 34.2. The summed E-state index contributed by atoms with van der Waals surface area (Å²) in [6.45, 7) is 5.99. The van der Waals surface area contributed by atoms with E-state index in [1.54, 1.807) is 19.9 Å². The maximum atomic E-state index is 11.8. The average Bonchev–Trinajstić information content (AvgIpc) is 2.39. The predicted octanol–water partition coefficient (Wildman–Crippen LogP) is 2.58. The molecule has 20 heavy (non-hydrogen) atoms. The second-order valence-corrected chi connectivity index (χ2v) is 4.19. The highest BCUT2D eigenvalue weighted by atomic mass is 16.5. The molecule has 0 atom stereocenters. The standard InChI is InChI=1S/C15H24O5/c1-4-12(13(16)11-15(18)20-6-3)9-7-8-10-14(17)19-5-2/h9H,4-8,10-11H2,1-3H3/b12-9+. The van der Waals surface area contributed by atoms with Crippen molar-refractivity contribution in [3.8, 4) is 0 Å². The van der Waals surface area contributed by atoms with Gasteiger partial charge in [0.25, 0.3) is 0 Å². The molecule has 0 rings (SSSR count). The molecule has 0 bridgehead atoms. The first kappa shape index (κ1) is 18.4. The zero-order valence-corrected chi connectivity index (χ0v) is 12.6. The number of hydrogen-bond donors (Lipinski definition) is 0. The fraction of sp³-hybridized carbons (Fsp3) is 0.667. The number of unbranched alkanes of at least 4 members (excludes halogenated alkanes) is 1. The zero-order chi connectivity index (χ0) is 15.4. The molecule has 0 aromatic carbocycles. The van der Waals surface area contributed by atoms with Gasteiger partial charge < -0.3 is 9.47 Å². The Morgan fingerprint density at radius 2 is 1.55 bits per heavy atom. The van der Waals surface area contributed by atoms with Crippen LogP contribution in [0, 0.1) is 0 Å². The summed E-state index contributed by atoms with van der Waals surface area (Å²) in [5, 5.41) is 0. The van der Waals surface area contributed by atoms with Crippen LogP contribution in [0.5, 0.6) is 0 Å². The van der Waals surface area contributed by atoms with Gasteiger partial charge in [-0.3, -0.25) is 14.4 Å². The van der Waals surface area contributed by atoms with Gasteiger partial charge in [0.05, 0.1) is 13.2 Å². The van der Waals surface area contributed by atoms with Gasteiger partial charge in [-0.25, -0.2) is 0 Å². The number of carbonyl (C=O) groups is 3. The lowest BCUT2D eigenvalue weighted by molar-refractivity contribution is -0.145. The molecule has 0 saturated heterocycles. The summed E-state index contributed by atoms with van der Waals surface area (Å²) in [5.41, 5.74) is 0.613. The van der Waals surface area contributed by atoms with Crippen molar-refractivity contribution < 1.29 is 23.9 Å². The minimum absolute atomic E-state index is 0.206. The van der Waals surface area contributed by atoms with Crippen LogP contribution >= 0.6 is 0 Å². The average molecular weight is 284 g/mol. The third kappa shape index (κ3) is 8.45. The Morgan fingerprint density at radius 1 is 0.950 bits per heavy atom. The molecule has 0 heterocycles. The number of ketones is 1. The monoisotopic (exact) mass is 284 g/mol. The zero-order valence-electron chi connectivity index (χ0n) is 12.6. The van der Waals surface area contributed by atoms with Crippen LogP contribution in [0.25, 0.3) is 0 Å². The van der Waals surface area contributed by atoms with Crippen LogP contribution in [-0.4, -0.2) is 30.9 Å². The lowest BCUT2D eigenvalue weighted by Crippen LogP contribution is -2.12. The van der Waals surface area contributed by atoms with E-state index in [1.807, 2.05) is 6.92 Å². The second kappa shape index (κ2) is 11.2. The van der Waals surface area contributed by atoms with Gasteiger partial charge in [-0.05, 0) is 38.7 Å². The van der Waals surface area contributed by atoms with Crippen LogP contribution < -0.4 is 0 Å². The molecule has 0 amide bonds. The normalized spacial score (nSPS) is 11.1. The number of hydrogen-bond acceptors (Lipinski definition) is 5. The minimum atomic E-state index is -0.497. The highest BCUT2D eigenvalue weighted by Crippen LogP contribution is 2.10. The molecular formula is C15H24O5. The van der Waals surface area contributed by atoms with E-state index in [4.69, 9.17) is 9.47 Å². The van der Waals surface area contributed by atoms with E-state index in [1.165, 1.54) is 0 Å². The molecule has 5 heteroatoms. The van der Waals surface area contributed by atoms with E-state index in [9.17, 15) is 14.4 Å². The van der Waals surface area contributed by atoms with Crippen molar-refractivity contribution in [1.29, 1.82) is 0 Å². The molecule has 0 aliphatic carbocycles. The molecular weight excluding hydrogens is 260 g/mol. The van der Waals surface area contributed by atoms with Gasteiger partial charge in [-0.1, -0.05) is 13.0 Å². The van der Waals surface area contributed by atoms with Crippen LogP contribution in [0.15, 0.2) is 11.6 Å². The number of rotatable bonds is 10. The van der Waals surface area contributed by atoms with E-state index in [0.717, 1.165) is 0 Å². The van der Waals surface area contributed by atoms with Crippen molar-refractivity contribution in [3.05, 3.63) is 11.6 Å². The van der Waals surface area contributed by atoms with Crippen molar-refractivity contribution in [2.24, 2.45) is 0 Å². The molecule has 0 unspecified atom stereocenters. The predicted molar refractivity (Wildman–Crippen MR) is 75.1 cm³/mol. The first-order valence-electron chi connectivity index (χ1n) is 7.08. The molecule has 0 fully saturated rings. The molecule has 5 nitrogen and oxygen atoms in total. The Morgan fingerprint density at radius 3 is 2.10 bits per heavy atom. The van der Waals surface area contributed by atoms with E-state index in [0.29, 0.717) is 37.9 Å². The molecule has 114 valence electrons. The molecule has 0 radical (unpaired) electrons. The lowest BCUT2D eigenvalue weighted by atomic mass is 10.0. The molecule has 0 aromatic rings. The van der Waals surface area contributed by atoms with E-state index < -0.39 is 5.97 Å². The Balaban J connectivity index is 4.17. The van der Waals surface area contributed by atoms with E-state index in [-0.39, 0.29) is 24.8 Å². The Kier molecular flexibility index (Phi) is 10.3. The largest absolute Gasteiger partial charge is 0.466 e. The third-order valence-corrected chi connectivity index (χ3v) is 2.63. The Hall–Kier alpha value is -1.65. The second-order valence-electron chi connectivity index (χ2n) is 4.19. The van der Waals surface area contributed by atoms with Gasteiger partial charge >= 0.3 is 11.9 Å². The third-order valence-electron chi connectivity index (χ3n) is 2.63. The van der Waals surface area contributed by atoms with Crippen molar-refractivity contribution in [1.82, 2.24) is 0 Å². The van der Waals surface area contributed by atoms with Gasteiger partial charge in [-0.2, -0.15) is 0 Å². The van der Waals surface area contributed by atoms with Crippen LogP contribution in [0.3, 0.4) is 0 Å². The first-order valence-corrected chi connectivity index (χ1v) is 7.08. The first-order chi connectivity index (χ1) is 9.54. The van der Waals surface area contributed by atoms with Crippen LogP contribution in [-0.2, 0) is 23.9 Å². The van der Waals surface area contributed by atoms with Gasteiger partial charge in [0, 0.05) is 6.42 Å². The molecule has 0 N–H and O–H groups in total. The fourth-order valence-corrected chi connectivity index (χ4v) is 1.67. The van der Waals surface area contributed by atoms with E-state index in [2.05, 4.69) is 0 Å². The summed E-state index contributed by atoms with van der Waals surface area (Å²) in [5.74, 6) is -0.928. The summed E-state index contributed by atoms with van der Waals surface area (Å²) in [7, 11) is 0. The molecule has 0 saturated carbocycles. The van der Waals surface area contributed by atoms with Crippen LogP contribution in [0.1, 0.15) is 52.9 Å². The van der Waals surface area contributed by atoms with Crippen molar-refractivity contribution in [2.45, 2.75) is 52.9 Å². The number of Topliss-reactive ketones (excluding diaryl/α,β-unsaturated/α-hetero) is 1. The van der Waals surface area contributed by atoms with Crippen molar-refractivity contribution >= 4 is 17.7 Å². The highest BCUT2D eigenvalue weighted by molar-refractivity contribution is 6.05. The summed E-state index contributed by atoms with van der Waals surface area (Å²) in [6, 6.07) is 0. The Labute approximate surface area is 120 Å². The summed E-state index contributed by atoms with van der Waals surface area (Å²) in [6.07, 6.45) is 3.74. The van der Waals surface area contributed by atoms with Crippen LogP contribution in [0.2, 0.25) is 0 Å². The maximum Gasteiger partial charge on any atom is 0.313 e. The van der Waals surface area contributed by atoms with Gasteiger partial charge in [0.1, 0.15) is 6.42 Å². The number of carbonyl (C=O) groups excluding carboxylic acids is 3. The fourth-order valence-electron chi connectivity index (χ4n) is 1.67.